The number of nitrogens with zero attached hydrogens (tertiary/aromatic N) is 2. The molecule has 9 aromatic carbocycles. The zero-order valence-electron chi connectivity index (χ0n) is 29.5. The zero-order valence-corrected chi connectivity index (χ0v) is 29.5. The van der Waals surface area contributed by atoms with Crippen molar-refractivity contribution in [1.82, 2.24) is 9.13 Å². The second-order valence-electron chi connectivity index (χ2n) is 14.1. The third kappa shape index (κ3) is 4.74. The van der Waals surface area contributed by atoms with Crippen molar-refractivity contribution in [2.75, 3.05) is 0 Å². The molecule has 0 unspecified atom stereocenters. The van der Waals surface area contributed by atoms with Crippen LogP contribution in [0.3, 0.4) is 0 Å². The predicted molar refractivity (Wildman–Crippen MR) is 229 cm³/mol. The number of hydrogen-bond acceptors (Lipinski definition) is 0. The summed E-state index contributed by atoms with van der Waals surface area (Å²) in [6, 6.07) is 75.1. The summed E-state index contributed by atoms with van der Waals surface area (Å²) in [5, 5.41) is 7.55. The standard InChI is InChI=1S/C52H34N2/c1-4-15-35(16-5-1)38-31-39(36-17-6-2-7-18-36)33-40(32-38)43-24-14-19-37-34-42(27-28-44(37)43)54-48-26-13-11-23-46(48)52-50(54)30-29-49-51(52)45-22-10-12-25-47(45)53(49)41-20-8-3-9-21-41/h1-34H. The molecular formula is C52H34N2. The minimum atomic E-state index is 1.15. The van der Waals surface area contributed by atoms with E-state index in [1.807, 2.05) is 0 Å². The summed E-state index contributed by atoms with van der Waals surface area (Å²) >= 11 is 0. The highest BCUT2D eigenvalue weighted by molar-refractivity contribution is 6.29. The fourth-order valence-electron chi connectivity index (χ4n) is 8.69. The van der Waals surface area contributed by atoms with Gasteiger partial charge in [0, 0.05) is 32.9 Å². The SMILES string of the molecule is c1ccc(-c2cc(-c3ccccc3)cc(-c3cccc4cc(-n5c6ccccc6c6c7c8ccccc8n(-c8ccccc8)c7ccc65)ccc34)c2)cc1. The van der Waals surface area contributed by atoms with E-state index in [1.165, 1.54) is 93.5 Å². The highest BCUT2D eigenvalue weighted by Gasteiger charge is 2.20. The molecule has 0 atom stereocenters. The zero-order chi connectivity index (χ0) is 35.6. The van der Waals surface area contributed by atoms with E-state index in [9.17, 15) is 0 Å². The topological polar surface area (TPSA) is 9.86 Å². The van der Waals surface area contributed by atoms with Crippen molar-refractivity contribution in [3.63, 3.8) is 0 Å². The molecule has 0 saturated carbocycles. The monoisotopic (exact) mass is 686 g/mol. The lowest BCUT2D eigenvalue weighted by Gasteiger charge is -2.14. The summed E-state index contributed by atoms with van der Waals surface area (Å²) in [6.07, 6.45) is 0. The van der Waals surface area contributed by atoms with Gasteiger partial charge >= 0.3 is 0 Å². The average molecular weight is 687 g/mol. The second kappa shape index (κ2) is 12.2. The molecule has 2 aromatic heterocycles. The lowest BCUT2D eigenvalue weighted by molar-refractivity contribution is 1.17. The average Bonchev–Trinajstić information content (AvgIpc) is 3.77. The van der Waals surface area contributed by atoms with Gasteiger partial charge in [-0.2, -0.15) is 0 Å². The first-order valence-corrected chi connectivity index (χ1v) is 18.6. The molecule has 2 heteroatoms. The van der Waals surface area contributed by atoms with Crippen molar-refractivity contribution >= 4 is 54.4 Å². The van der Waals surface area contributed by atoms with Crippen LogP contribution >= 0.6 is 0 Å². The van der Waals surface area contributed by atoms with Crippen molar-refractivity contribution in [2.45, 2.75) is 0 Å². The van der Waals surface area contributed by atoms with Gasteiger partial charge in [0.05, 0.1) is 22.1 Å². The van der Waals surface area contributed by atoms with Crippen LogP contribution in [-0.2, 0) is 0 Å². The summed E-state index contributed by atoms with van der Waals surface area (Å²) in [4.78, 5) is 0. The molecule has 0 N–H and O–H groups in total. The molecule has 2 nitrogen and oxygen atoms in total. The Balaban J connectivity index is 1.13. The third-order valence-electron chi connectivity index (χ3n) is 11.1. The quantitative estimate of drug-likeness (QED) is 0.171. The smallest absolute Gasteiger partial charge is 0.0548 e. The maximum Gasteiger partial charge on any atom is 0.0548 e. The Morgan fingerprint density at radius 3 is 1.35 bits per heavy atom. The van der Waals surface area contributed by atoms with Crippen molar-refractivity contribution in [2.24, 2.45) is 0 Å². The molecule has 0 bridgehead atoms. The fraction of sp³-hybridized carbons (Fsp3) is 0. The Labute approximate surface area is 313 Å². The van der Waals surface area contributed by atoms with E-state index in [4.69, 9.17) is 0 Å². The largest absolute Gasteiger partial charge is 0.309 e. The Morgan fingerprint density at radius 2 is 0.759 bits per heavy atom. The van der Waals surface area contributed by atoms with Crippen LogP contribution in [-0.4, -0.2) is 9.13 Å². The van der Waals surface area contributed by atoms with Crippen LogP contribution < -0.4 is 0 Å². The van der Waals surface area contributed by atoms with Crippen molar-refractivity contribution < 1.29 is 0 Å². The summed E-state index contributed by atoms with van der Waals surface area (Å²) in [6.45, 7) is 0. The van der Waals surface area contributed by atoms with E-state index in [1.54, 1.807) is 0 Å². The lowest BCUT2D eigenvalue weighted by atomic mass is 9.91. The molecule has 0 saturated heterocycles. The van der Waals surface area contributed by atoms with Gasteiger partial charge in [-0.05, 0) is 111 Å². The van der Waals surface area contributed by atoms with Crippen LogP contribution in [0, 0.1) is 0 Å². The number of fused-ring (bicyclic) bond motifs is 8. The number of hydrogen-bond donors (Lipinski definition) is 0. The molecular weight excluding hydrogens is 653 g/mol. The van der Waals surface area contributed by atoms with Crippen molar-refractivity contribution in [3.8, 4) is 44.8 Å². The normalized spacial score (nSPS) is 11.7. The van der Waals surface area contributed by atoms with Gasteiger partial charge in [0.25, 0.3) is 0 Å². The Hall–Kier alpha value is -7.16. The maximum atomic E-state index is 2.45. The van der Waals surface area contributed by atoms with Gasteiger partial charge in [-0.3, -0.25) is 0 Å². The van der Waals surface area contributed by atoms with Gasteiger partial charge in [0.1, 0.15) is 0 Å². The van der Waals surface area contributed by atoms with Gasteiger partial charge in [-0.25, -0.2) is 0 Å². The van der Waals surface area contributed by atoms with Gasteiger partial charge in [0.2, 0.25) is 0 Å². The molecule has 0 fully saturated rings. The summed E-state index contributed by atoms with van der Waals surface area (Å²) in [5.74, 6) is 0. The van der Waals surface area contributed by atoms with Crippen LogP contribution in [0.4, 0.5) is 0 Å². The molecule has 0 aliphatic rings. The van der Waals surface area contributed by atoms with Crippen LogP contribution in [0.2, 0.25) is 0 Å². The number of rotatable bonds is 5. The van der Waals surface area contributed by atoms with Gasteiger partial charge < -0.3 is 9.13 Å². The van der Waals surface area contributed by atoms with Gasteiger partial charge in [0.15, 0.2) is 0 Å². The second-order valence-corrected chi connectivity index (χ2v) is 14.1. The fourth-order valence-corrected chi connectivity index (χ4v) is 8.69. The molecule has 252 valence electrons. The van der Waals surface area contributed by atoms with Crippen LogP contribution in [0.1, 0.15) is 0 Å². The molecule has 11 rings (SSSR count). The highest BCUT2D eigenvalue weighted by atomic mass is 15.0. The summed E-state index contributed by atoms with van der Waals surface area (Å²) in [7, 11) is 0. The first kappa shape index (κ1) is 30.5. The molecule has 54 heavy (non-hydrogen) atoms. The van der Waals surface area contributed by atoms with Crippen LogP contribution in [0.25, 0.3) is 99.1 Å². The Kier molecular flexibility index (Phi) is 6.90. The van der Waals surface area contributed by atoms with E-state index >= 15 is 0 Å². The number of benzene rings is 9. The van der Waals surface area contributed by atoms with Crippen molar-refractivity contribution in [3.05, 3.63) is 206 Å². The Morgan fingerprint density at radius 1 is 0.259 bits per heavy atom. The van der Waals surface area contributed by atoms with Crippen LogP contribution in [0.5, 0.6) is 0 Å². The highest BCUT2D eigenvalue weighted by Crippen LogP contribution is 2.43. The first-order valence-electron chi connectivity index (χ1n) is 18.6. The van der Waals surface area contributed by atoms with E-state index in [-0.39, 0.29) is 0 Å². The van der Waals surface area contributed by atoms with Crippen LogP contribution in [0.15, 0.2) is 206 Å². The van der Waals surface area contributed by atoms with Gasteiger partial charge in [-0.15, -0.1) is 0 Å². The summed E-state index contributed by atoms with van der Waals surface area (Å²) < 4.78 is 4.86. The first-order chi connectivity index (χ1) is 26.8. The third-order valence-corrected chi connectivity index (χ3v) is 11.1. The van der Waals surface area contributed by atoms with E-state index in [0.29, 0.717) is 0 Å². The molecule has 0 amide bonds. The van der Waals surface area contributed by atoms with E-state index < -0.39 is 0 Å². The van der Waals surface area contributed by atoms with E-state index in [2.05, 4.69) is 215 Å². The molecule has 0 aliphatic heterocycles. The molecule has 2 heterocycles. The Bertz CT molecular complexity index is 3130. The minimum absolute atomic E-state index is 1.15. The van der Waals surface area contributed by atoms with E-state index in [0.717, 1.165) is 5.69 Å². The predicted octanol–water partition coefficient (Wildman–Crippen LogP) is 14.0. The number of aromatic nitrogens is 2. The molecule has 0 spiro atoms. The lowest BCUT2D eigenvalue weighted by Crippen LogP contribution is -1.95. The minimum Gasteiger partial charge on any atom is -0.309 e. The molecule has 0 aliphatic carbocycles. The van der Waals surface area contributed by atoms with Crippen molar-refractivity contribution in [1.29, 1.82) is 0 Å². The maximum absolute atomic E-state index is 2.45. The molecule has 0 radical (unpaired) electrons. The summed E-state index contributed by atoms with van der Waals surface area (Å²) in [5.41, 5.74) is 14.5. The van der Waals surface area contributed by atoms with Gasteiger partial charge in [-0.1, -0.05) is 140 Å². The number of para-hydroxylation sites is 3. The molecule has 11 aromatic rings.